The SMILES string of the molecule is C=C1N(C)c2cc3c(N[C@H](C)c4cccc(C5CCCNC5)c4F)nc(C)nc3cc2C1(C)C. The van der Waals surface area contributed by atoms with E-state index in [1.165, 1.54) is 5.56 Å². The molecule has 2 atom stereocenters. The van der Waals surface area contributed by atoms with E-state index in [4.69, 9.17) is 9.97 Å². The molecular weight excluding hydrogens is 425 g/mol. The molecule has 3 aromatic rings. The maximum atomic E-state index is 15.6. The molecule has 0 aliphatic carbocycles. The zero-order valence-corrected chi connectivity index (χ0v) is 20.8. The van der Waals surface area contributed by atoms with Crippen molar-refractivity contribution in [2.24, 2.45) is 0 Å². The van der Waals surface area contributed by atoms with Crippen molar-refractivity contribution >= 4 is 22.4 Å². The molecular formula is C28H34FN5. The number of piperidine rings is 1. The quantitative estimate of drug-likeness (QED) is 0.504. The number of hydrogen-bond donors (Lipinski definition) is 2. The lowest BCUT2D eigenvalue weighted by Gasteiger charge is -2.25. The van der Waals surface area contributed by atoms with Gasteiger partial charge in [0.05, 0.1) is 11.6 Å². The van der Waals surface area contributed by atoms with Crippen molar-refractivity contribution in [1.29, 1.82) is 0 Å². The number of benzene rings is 2. The summed E-state index contributed by atoms with van der Waals surface area (Å²) in [6, 6.07) is 9.83. The van der Waals surface area contributed by atoms with Gasteiger partial charge < -0.3 is 15.5 Å². The summed E-state index contributed by atoms with van der Waals surface area (Å²) < 4.78 is 15.6. The van der Waals surface area contributed by atoms with Gasteiger partial charge in [-0.25, -0.2) is 14.4 Å². The lowest BCUT2D eigenvalue weighted by Crippen LogP contribution is -2.29. The van der Waals surface area contributed by atoms with Crippen LogP contribution in [-0.4, -0.2) is 30.1 Å². The van der Waals surface area contributed by atoms with Gasteiger partial charge in [0.25, 0.3) is 0 Å². The first-order valence-corrected chi connectivity index (χ1v) is 12.2. The van der Waals surface area contributed by atoms with Gasteiger partial charge in [-0.1, -0.05) is 38.6 Å². The standard InChI is InChI=1S/C28H34FN5/c1-16(20-10-7-11-21(26(20)29)19-9-8-12-30-15-19)31-27-22-13-25-23(14-24(22)32-18(3)33-27)28(4,5)17(2)34(25)6/h7,10-11,13-14,16,19,30H,2,8-9,12,15H2,1,3-6H3,(H,31,32,33)/t16-,19?/m1/s1. The lowest BCUT2D eigenvalue weighted by atomic mass is 9.84. The largest absolute Gasteiger partial charge is 0.363 e. The molecule has 6 heteroatoms. The van der Waals surface area contributed by atoms with E-state index in [2.05, 4.69) is 48.1 Å². The number of aryl methyl sites for hydroxylation is 1. The van der Waals surface area contributed by atoms with Crippen LogP contribution in [0.2, 0.25) is 0 Å². The molecule has 0 radical (unpaired) electrons. The summed E-state index contributed by atoms with van der Waals surface area (Å²) in [5.41, 5.74) is 5.59. The number of nitrogens with zero attached hydrogens (tertiary/aromatic N) is 3. The van der Waals surface area contributed by atoms with Gasteiger partial charge in [0, 0.05) is 41.3 Å². The second kappa shape index (κ2) is 8.35. The average molecular weight is 460 g/mol. The van der Waals surface area contributed by atoms with Crippen molar-refractivity contribution in [1.82, 2.24) is 15.3 Å². The first-order valence-electron chi connectivity index (χ1n) is 12.2. The molecule has 5 nitrogen and oxygen atoms in total. The van der Waals surface area contributed by atoms with Crippen molar-refractivity contribution in [3.8, 4) is 0 Å². The highest BCUT2D eigenvalue weighted by Crippen LogP contribution is 2.48. The topological polar surface area (TPSA) is 53.1 Å². The molecule has 2 N–H and O–H groups in total. The van der Waals surface area contributed by atoms with Crippen LogP contribution in [0.25, 0.3) is 10.9 Å². The van der Waals surface area contributed by atoms with Gasteiger partial charge in [-0.2, -0.15) is 0 Å². The lowest BCUT2D eigenvalue weighted by molar-refractivity contribution is 0.444. The molecule has 3 heterocycles. The second-order valence-electron chi connectivity index (χ2n) is 10.3. The van der Waals surface area contributed by atoms with Gasteiger partial charge in [-0.3, -0.25) is 0 Å². The Morgan fingerprint density at radius 1 is 1.26 bits per heavy atom. The molecule has 5 rings (SSSR count). The van der Waals surface area contributed by atoms with Gasteiger partial charge in [-0.05, 0) is 62.4 Å². The fraction of sp³-hybridized carbons (Fsp3) is 0.429. The second-order valence-corrected chi connectivity index (χ2v) is 10.3. The molecule has 2 aliphatic heterocycles. The molecule has 2 aromatic carbocycles. The van der Waals surface area contributed by atoms with Crippen molar-refractivity contribution in [2.45, 2.75) is 57.9 Å². The number of anilines is 2. The van der Waals surface area contributed by atoms with Crippen LogP contribution in [0.1, 0.15) is 68.1 Å². The Morgan fingerprint density at radius 2 is 2.06 bits per heavy atom. The number of fused-ring (bicyclic) bond motifs is 2. The third-order valence-corrected chi connectivity index (χ3v) is 7.70. The minimum absolute atomic E-state index is 0.107. The van der Waals surface area contributed by atoms with Gasteiger partial charge in [0.1, 0.15) is 17.5 Å². The third kappa shape index (κ3) is 3.65. The van der Waals surface area contributed by atoms with Crippen molar-refractivity contribution < 1.29 is 4.39 Å². The van der Waals surface area contributed by atoms with E-state index < -0.39 is 0 Å². The van der Waals surface area contributed by atoms with E-state index in [0.29, 0.717) is 11.4 Å². The molecule has 2 aliphatic rings. The van der Waals surface area contributed by atoms with Crippen LogP contribution in [0.3, 0.4) is 0 Å². The third-order valence-electron chi connectivity index (χ3n) is 7.70. The first-order chi connectivity index (χ1) is 16.2. The van der Waals surface area contributed by atoms with Crippen molar-refractivity contribution in [2.75, 3.05) is 30.4 Å². The number of halogens is 1. The molecule has 1 aromatic heterocycles. The van der Waals surface area contributed by atoms with E-state index in [1.807, 2.05) is 39.1 Å². The van der Waals surface area contributed by atoms with Crippen molar-refractivity contribution in [3.05, 3.63) is 70.9 Å². The minimum atomic E-state index is -0.244. The van der Waals surface area contributed by atoms with Gasteiger partial charge in [-0.15, -0.1) is 0 Å². The maximum absolute atomic E-state index is 15.6. The number of likely N-dealkylation sites (N-methyl/N-ethyl adjacent to an activating group) is 1. The predicted molar refractivity (Wildman–Crippen MR) is 138 cm³/mol. The van der Waals surface area contributed by atoms with Crippen LogP contribution in [0, 0.1) is 12.7 Å². The molecule has 0 saturated carbocycles. The predicted octanol–water partition coefficient (Wildman–Crippen LogP) is 5.96. The normalized spacial score (nSPS) is 20.5. The summed E-state index contributed by atoms with van der Waals surface area (Å²) in [5.74, 6) is 1.53. The highest BCUT2D eigenvalue weighted by molar-refractivity contribution is 5.95. The van der Waals surface area contributed by atoms with Gasteiger partial charge in [0.2, 0.25) is 0 Å². The molecule has 178 valence electrons. The van der Waals surface area contributed by atoms with E-state index in [9.17, 15) is 0 Å². The summed E-state index contributed by atoms with van der Waals surface area (Å²) in [4.78, 5) is 11.6. The minimum Gasteiger partial charge on any atom is -0.363 e. The number of allylic oxidation sites excluding steroid dienone is 1. The van der Waals surface area contributed by atoms with Crippen LogP contribution in [0.15, 0.2) is 42.6 Å². The molecule has 1 saturated heterocycles. The van der Waals surface area contributed by atoms with E-state index in [1.54, 1.807) is 0 Å². The van der Waals surface area contributed by atoms with Crippen LogP contribution in [-0.2, 0) is 5.41 Å². The highest BCUT2D eigenvalue weighted by Gasteiger charge is 2.38. The van der Waals surface area contributed by atoms with Crippen LogP contribution < -0.4 is 15.5 Å². The number of rotatable bonds is 4. The van der Waals surface area contributed by atoms with Gasteiger partial charge in [0.15, 0.2) is 0 Å². The zero-order chi connectivity index (χ0) is 24.2. The summed E-state index contributed by atoms with van der Waals surface area (Å²) in [6.45, 7) is 14.4. The van der Waals surface area contributed by atoms with Crippen LogP contribution >= 0.6 is 0 Å². The Morgan fingerprint density at radius 3 is 2.79 bits per heavy atom. The Balaban J connectivity index is 1.53. The summed E-state index contributed by atoms with van der Waals surface area (Å²) in [7, 11) is 2.05. The van der Waals surface area contributed by atoms with Gasteiger partial charge >= 0.3 is 0 Å². The fourth-order valence-corrected chi connectivity index (χ4v) is 5.51. The maximum Gasteiger partial charge on any atom is 0.138 e. The summed E-state index contributed by atoms with van der Waals surface area (Å²) in [5, 5.41) is 7.83. The molecule has 0 bridgehead atoms. The van der Waals surface area contributed by atoms with Crippen LogP contribution in [0.4, 0.5) is 15.9 Å². The Hall–Kier alpha value is -2.99. The van der Waals surface area contributed by atoms with E-state index in [-0.39, 0.29) is 23.2 Å². The molecule has 34 heavy (non-hydrogen) atoms. The summed E-state index contributed by atoms with van der Waals surface area (Å²) >= 11 is 0. The number of nitrogens with one attached hydrogen (secondary N) is 2. The Labute approximate surface area is 201 Å². The summed E-state index contributed by atoms with van der Waals surface area (Å²) in [6.07, 6.45) is 2.10. The Kier molecular flexibility index (Phi) is 5.59. The highest BCUT2D eigenvalue weighted by atomic mass is 19.1. The first kappa shape index (κ1) is 22.8. The van der Waals surface area contributed by atoms with E-state index >= 15 is 4.39 Å². The van der Waals surface area contributed by atoms with E-state index in [0.717, 1.165) is 59.6 Å². The van der Waals surface area contributed by atoms with Crippen molar-refractivity contribution in [3.63, 3.8) is 0 Å². The Bertz CT molecular complexity index is 1280. The zero-order valence-electron chi connectivity index (χ0n) is 20.8. The molecule has 1 fully saturated rings. The monoisotopic (exact) mass is 459 g/mol. The number of aromatic nitrogens is 2. The average Bonchev–Trinajstić information content (AvgIpc) is 2.98. The van der Waals surface area contributed by atoms with Crippen LogP contribution in [0.5, 0.6) is 0 Å². The number of hydrogen-bond acceptors (Lipinski definition) is 5. The fourth-order valence-electron chi connectivity index (χ4n) is 5.51. The smallest absolute Gasteiger partial charge is 0.138 e. The molecule has 0 amide bonds. The molecule has 0 spiro atoms. The molecule has 1 unspecified atom stereocenters.